The highest BCUT2D eigenvalue weighted by atomic mass is 15.2. The average molecular weight is 199 g/mol. The molecule has 1 unspecified atom stereocenters. The molecule has 1 fully saturated rings. The summed E-state index contributed by atoms with van der Waals surface area (Å²) in [6, 6.07) is 0.709. The molecule has 1 rings (SSSR count). The molecule has 0 saturated carbocycles. The second-order valence-corrected chi connectivity index (χ2v) is 4.50. The van der Waals surface area contributed by atoms with Crippen LogP contribution in [0, 0.1) is 0 Å². The summed E-state index contributed by atoms with van der Waals surface area (Å²) >= 11 is 0. The zero-order valence-electron chi connectivity index (χ0n) is 9.71. The van der Waals surface area contributed by atoms with Gasteiger partial charge >= 0.3 is 0 Å². The fourth-order valence-corrected chi connectivity index (χ4v) is 2.21. The minimum Gasteiger partial charge on any atom is -0.330 e. The van der Waals surface area contributed by atoms with Crippen molar-refractivity contribution in [2.24, 2.45) is 5.73 Å². The van der Waals surface area contributed by atoms with E-state index in [1.807, 2.05) is 0 Å². The Kier molecular flexibility index (Phi) is 5.45. The van der Waals surface area contributed by atoms with Crippen LogP contribution in [0.15, 0.2) is 0 Å². The van der Waals surface area contributed by atoms with Crippen LogP contribution in [-0.2, 0) is 0 Å². The highest BCUT2D eigenvalue weighted by Gasteiger charge is 2.18. The zero-order valence-corrected chi connectivity index (χ0v) is 9.71. The minimum atomic E-state index is 0.709. The first kappa shape index (κ1) is 12.0. The van der Waals surface area contributed by atoms with Crippen LogP contribution in [0.4, 0.5) is 0 Å². The lowest BCUT2D eigenvalue weighted by atomic mass is 10.2. The molecule has 3 heteroatoms. The van der Waals surface area contributed by atoms with Crippen molar-refractivity contribution in [3.8, 4) is 0 Å². The number of unbranched alkanes of at least 4 members (excludes halogenated alkanes) is 1. The molecule has 0 amide bonds. The van der Waals surface area contributed by atoms with Gasteiger partial charge in [-0.1, -0.05) is 0 Å². The molecule has 0 aromatic rings. The standard InChI is InChI=1S/C11H25N3/c1-11-10-13(2)7-5-9-14(11)8-4-3-6-12/h11H,3-10,12H2,1-2H3. The predicted molar refractivity (Wildman–Crippen MR) is 61.4 cm³/mol. The monoisotopic (exact) mass is 199 g/mol. The van der Waals surface area contributed by atoms with Gasteiger partial charge in [-0.15, -0.1) is 0 Å². The van der Waals surface area contributed by atoms with E-state index in [-0.39, 0.29) is 0 Å². The van der Waals surface area contributed by atoms with E-state index in [2.05, 4.69) is 23.8 Å². The van der Waals surface area contributed by atoms with Gasteiger partial charge in [0, 0.05) is 12.6 Å². The summed E-state index contributed by atoms with van der Waals surface area (Å²) in [5.74, 6) is 0. The first-order valence-corrected chi connectivity index (χ1v) is 5.86. The second-order valence-electron chi connectivity index (χ2n) is 4.50. The Hall–Kier alpha value is -0.120. The molecule has 0 bridgehead atoms. The van der Waals surface area contributed by atoms with Gasteiger partial charge in [0.15, 0.2) is 0 Å². The van der Waals surface area contributed by atoms with E-state index < -0.39 is 0 Å². The molecule has 2 N–H and O–H groups in total. The van der Waals surface area contributed by atoms with Crippen molar-refractivity contribution in [3.05, 3.63) is 0 Å². The Bertz CT molecular complexity index is 149. The maximum atomic E-state index is 5.50. The first-order chi connectivity index (χ1) is 6.74. The van der Waals surface area contributed by atoms with Crippen molar-refractivity contribution in [2.75, 3.05) is 39.8 Å². The molecule has 0 radical (unpaired) electrons. The molecule has 0 aromatic carbocycles. The van der Waals surface area contributed by atoms with E-state index in [9.17, 15) is 0 Å². The van der Waals surface area contributed by atoms with Crippen molar-refractivity contribution in [1.82, 2.24) is 9.80 Å². The lowest BCUT2D eigenvalue weighted by Gasteiger charge is -2.27. The minimum absolute atomic E-state index is 0.709. The lowest BCUT2D eigenvalue weighted by Crippen LogP contribution is -2.38. The molecule has 0 spiro atoms. The summed E-state index contributed by atoms with van der Waals surface area (Å²) < 4.78 is 0. The molecule has 1 atom stereocenters. The van der Waals surface area contributed by atoms with Gasteiger partial charge in [0.05, 0.1) is 0 Å². The average Bonchev–Trinajstić information content (AvgIpc) is 2.29. The quantitative estimate of drug-likeness (QED) is 0.678. The summed E-state index contributed by atoms with van der Waals surface area (Å²) in [4.78, 5) is 5.05. The molecule has 1 aliphatic rings. The van der Waals surface area contributed by atoms with Gasteiger partial charge in [0.2, 0.25) is 0 Å². The van der Waals surface area contributed by atoms with Crippen molar-refractivity contribution < 1.29 is 0 Å². The van der Waals surface area contributed by atoms with Crippen molar-refractivity contribution in [3.63, 3.8) is 0 Å². The van der Waals surface area contributed by atoms with Gasteiger partial charge in [0.25, 0.3) is 0 Å². The zero-order chi connectivity index (χ0) is 10.4. The second kappa shape index (κ2) is 6.38. The number of rotatable bonds is 4. The molecule has 0 aliphatic carbocycles. The van der Waals surface area contributed by atoms with E-state index in [1.165, 1.54) is 45.4 Å². The third kappa shape index (κ3) is 3.95. The highest BCUT2D eigenvalue weighted by molar-refractivity contribution is 4.74. The molecule has 14 heavy (non-hydrogen) atoms. The van der Waals surface area contributed by atoms with Crippen molar-refractivity contribution in [1.29, 1.82) is 0 Å². The van der Waals surface area contributed by atoms with Crippen LogP contribution in [0.25, 0.3) is 0 Å². The van der Waals surface area contributed by atoms with Crippen molar-refractivity contribution in [2.45, 2.75) is 32.2 Å². The molecule has 1 saturated heterocycles. The highest BCUT2D eigenvalue weighted by Crippen LogP contribution is 2.09. The van der Waals surface area contributed by atoms with E-state index >= 15 is 0 Å². The number of nitrogens with zero attached hydrogens (tertiary/aromatic N) is 2. The maximum Gasteiger partial charge on any atom is 0.0194 e. The molecule has 1 aliphatic heterocycles. The van der Waals surface area contributed by atoms with E-state index in [1.54, 1.807) is 0 Å². The Morgan fingerprint density at radius 1 is 1.29 bits per heavy atom. The van der Waals surface area contributed by atoms with Crippen LogP contribution in [0.3, 0.4) is 0 Å². The number of hydrogen-bond donors (Lipinski definition) is 1. The smallest absolute Gasteiger partial charge is 0.0194 e. The number of hydrogen-bond acceptors (Lipinski definition) is 3. The Labute approximate surface area is 88.2 Å². The maximum absolute atomic E-state index is 5.50. The Balaban J connectivity index is 2.27. The third-order valence-corrected chi connectivity index (χ3v) is 3.08. The molecular formula is C11H25N3. The number of nitrogens with two attached hydrogens (primary N) is 1. The largest absolute Gasteiger partial charge is 0.330 e. The van der Waals surface area contributed by atoms with E-state index in [0.717, 1.165) is 6.54 Å². The third-order valence-electron chi connectivity index (χ3n) is 3.08. The number of likely N-dealkylation sites (N-methyl/N-ethyl adjacent to an activating group) is 1. The summed E-state index contributed by atoms with van der Waals surface area (Å²) in [7, 11) is 2.22. The topological polar surface area (TPSA) is 32.5 Å². The van der Waals surface area contributed by atoms with Crippen LogP contribution in [0.1, 0.15) is 26.2 Å². The fraction of sp³-hybridized carbons (Fsp3) is 1.00. The van der Waals surface area contributed by atoms with Crippen LogP contribution >= 0.6 is 0 Å². The Morgan fingerprint density at radius 2 is 2.07 bits per heavy atom. The summed E-state index contributed by atoms with van der Waals surface area (Å²) in [6.45, 7) is 8.12. The normalized spacial score (nSPS) is 26.4. The molecular weight excluding hydrogens is 174 g/mol. The molecule has 84 valence electrons. The van der Waals surface area contributed by atoms with E-state index in [0.29, 0.717) is 6.04 Å². The van der Waals surface area contributed by atoms with Gasteiger partial charge in [-0.25, -0.2) is 0 Å². The van der Waals surface area contributed by atoms with Crippen LogP contribution in [-0.4, -0.2) is 55.6 Å². The lowest BCUT2D eigenvalue weighted by molar-refractivity contribution is 0.199. The fourth-order valence-electron chi connectivity index (χ4n) is 2.21. The predicted octanol–water partition coefficient (Wildman–Crippen LogP) is 0.751. The summed E-state index contributed by atoms with van der Waals surface area (Å²) in [5, 5.41) is 0. The van der Waals surface area contributed by atoms with Gasteiger partial charge < -0.3 is 10.6 Å². The van der Waals surface area contributed by atoms with Gasteiger partial charge in [-0.3, -0.25) is 4.90 Å². The van der Waals surface area contributed by atoms with Crippen molar-refractivity contribution >= 4 is 0 Å². The van der Waals surface area contributed by atoms with Gasteiger partial charge in [-0.05, 0) is 59.4 Å². The van der Waals surface area contributed by atoms with E-state index in [4.69, 9.17) is 5.73 Å². The SMILES string of the molecule is CC1CN(C)CCCN1CCCCN. The Morgan fingerprint density at radius 3 is 2.79 bits per heavy atom. The van der Waals surface area contributed by atoms with Crippen LogP contribution in [0.5, 0.6) is 0 Å². The van der Waals surface area contributed by atoms with Gasteiger partial charge in [-0.2, -0.15) is 0 Å². The molecule has 0 aromatic heterocycles. The molecule has 1 heterocycles. The first-order valence-electron chi connectivity index (χ1n) is 5.86. The van der Waals surface area contributed by atoms with Crippen LogP contribution in [0.2, 0.25) is 0 Å². The summed E-state index contributed by atoms with van der Waals surface area (Å²) in [6.07, 6.45) is 3.73. The summed E-state index contributed by atoms with van der Waals surface area (Å²) in [5.41, 5.74) is 5.50. The van der Waals surface area contributed by atoms with Crippen LogP contribution < -0.4 is 5.73 Å². The van der Waals surface area contributed by atoms with Gasteiger partial charge in [0.1, 0.15) is 0 Å². The molecule has 3 nitrogen and oxygen atoms in total.